The van der Waals surface area contributed by atoms with E-state index in [-0.39, 0.29) is 23.7 Å². The van der Waals surface area contributed by atoms with Crippen molar-refractivity contribution in [3.05, 3.63) is 57.5 Å². The molecule has 0 bridgehead atoms. The number of halogens is 1. The van der Waals surface area contributed by atoms with Gasteiger partial charge in [-0.05, 0) is 43.5 Å². The zero-order chi connectivity index (χ0) is 18.4. The first kappa shape index (κ1) is 19.1. The summed E-state index contributed by atoms with van der Waals surface area (Å²) in [6.45, 7) is 6.70. The molecule has 2 aromatic rings. The molecule has 5 nitrogen and oxygen atoms in total. The highest BCUT2D eigenvalue weighted by molar-refractivity contribution is 6.30. The Morgan fingerprint density at radius 2 is 1.92 bits per heavy atom. The van der Waals surface area contributed by atoms with E-state index in [9.17, 15) is 9.59 Å². The maximum atomic E-state index is 12.1. The number of carbonyl (C=O) groups excluding carboxylic acids is 1. The van der Waals surface area contributed by atoms with E-state index < -0.39 is 0 Å². The Morgan fingerprint density at radius 1 is 1.24 bits per heavy atom. The Balaban J connectivity index is 2.01. The van der Waals surface area contributed by atoms with Crippen LogP contribution < -0.4 is 15.5 Å². The second kappa shape index (κ2) is 8.72. The van der Waals surface area contributed by atoms with Crippen LogP contribution in [0.2, 0.25) is 5.02 Å². The van der Waals surface area contributed by atoms with Crippen LogP contribution in [0.3, 0.4) is 0 Å². The van der Waals surface area contributed by atoms with Gasteiger partial charge in [-0.15, -0.1) is 0 Å². The molecule has 0 aliphatic rings. The van der Waals surface area contributed by atoms with Crippen LogP contribution >= 0.6 is 11.6 Å². The number of amides is 1. The summed E-state index contributed by atoms with van der Waals surface area (Å²) in [7, 11) is 0. The lowest BCUT2D eigenvalue weighted by molar-refractivity contribution is -0.118. The van der Waals surface area contributed by atoms with Crippen LogP contribution in [-0.4, -0.2) is 17.1 Å². The summed E-state index contributed by atoms with van der Waals surface area (Å²) in [6, 6.07) is 8.25. The first-order valence-corrected chi connectivity index (χ1v) is 8.63. The average Bonchev–Trinajstić information content (AvgIpc) is 2.56. The lowest BCUT2D eigenvalue weighted by Crippen LogP contribution is -2.23. The fourth-order valence-corrected chi connectivity index (χ4v) is 2.46. The van der Waals surface area contributed by atoms with Crippen molar-refractivity contribution in [2.24, 2.45) is 5.92 Å². The molecule has 0 aliphatic carbocycles. The van der Waals surface area contributed by atoms with Crippen LogP contribution in [-0.2, 0) is 11.3 Å². The van der Waals surface area contributed by atoms with Crippen molar-refractivity contribution in [1.29, 1.82) is 0 Å². The number of nitrogens with one attached hydrogen (secondary N) is 1. The first-order valence-electron chi connectivity index (χ1n) is 8.25. The smallest absolute Gasteiger partial charge is 0.262 e. The maximum Gasteiger partial charge on any atom is 0.262 e. The number of hydrogen-bond acceptors (Lipinski definition) is 3. The highest BCUT2D eigenvalue weighted by atomic mass is 35.5. The Morgan fingerprint density at radius 3 is 2.56 bits per heavy atom. The largest absolute Gasteiger partial charge is 0.478 e. The van der Waals surface area contributed by atoms with Gasteiger partial charge >= 0.3 is 0 Å². The van der Waals surface area contributed by atoms with Gasteiger partial charge in [0.25, 0.3) is 5.91 Å². The molecule has 2 rings (SSSR count). The van der Waals surface area contributed by atoms with Gasteiger partial charge in [-0.25, -0.2) is 0 Å². The number of hydrogen-bond donors (Lipinski definition) is 1. The van der Waals surface area contributed by atoms with E-state index in [1.807, 2.05) is 11.5 Å². The van der Waals surface area contributed by atoms with Gasteiger partial charge in [-0.3, -0.25) is 9.59 Å². The number of benzene rings is 1. The number of carbonyl (C=O) groups is 1. The molecule has 134 valence electrons. The van der Waals surface area contributed by atoms with Gasteiger partial charge in [0.15, 0.2) is 12.4 Å². The van der Waals surface area contributed by atoms with Crippen molar-refractivity contribution in [3.63, 3.8) is 0 Å². The Labute approximate surface area is 152 Å². The molecule has 0 fully saturated rings. The number of aryl methyl sites for hydroxylation is 1. The lowest BCUT2D eigenvalue weighted by atomic mass is 10.1. The molecule has 1 N–H and O–H groups in total. The number of ether oxygens (including phenoxy) is 1. The second-order valence-electron chi connectivity index (χ2n) is 6.31. The summed E-state index contributed by atoms with van der Waals surface area (Å²) in [6.07, 6.45) is 2.76. The number of anilines is 1. The van der Waals surface area contributed by atoms with E-state index in [1.165, 1.54) is 6.07 Å². The molecule has 0 atom stereocenters. The van der Waals surface area contributed by atoms with Crippen LogP contribution in [0.15, 0.2) is 41.3 Å². The Bertz CT molecular complexity index is 782. The van der Waals surface area contributed by atoms with Gasteiger partial charge in [0.2, 0.25) is 5.43 Å². The normalized spacial score (nSPS) is 10.8. The van der Waals surface area contributed by atoms with E-state index in [0.717, 1.165) is 18.7 Å². The highest BCUT2D eigenvalue weighted by Gasteiger charge is 2.11. The lowest BCUT2D eigenvalue weighted by Gasteiger charge is -2.15. The van der Waals surface area contributed by atoms with Crippen LogP contribution in [0.5, 0.6) is 5.75 Å². The van der Waals surface area contributed by atoms with Crippen LogP contribution in [0.1, 0.15) is 26.0 Å². The zero-order valence-electron chi connectivity index (χ0n) is 14.7. The Kier molecular flexibility index (Phi) is 6.65. The van der Waals surface area contributed by atoms with Crippen LogP contribution in [0.25, 0.3) is 0 Å². The molecule has 25 heavy (non-hydrogen) atoms. The molecule has 1 aromatic heterocycles. The third-order valence-corrected chi connectivity index (χ3v) is 4.06. The molecule has 0 saturated carbocycles. The third-order valence-electron chi connectivity index (χ3n) is 3.81. The SMILES string of the molecule is Cc1c(OCC(=O)Nc2ccc(Cl)cc2)c(=O)ccn1CCC(C)C. The predicted octanol–water partition coefficient (Wildman–Crippen LogP) is 3.87. The number of pyridine rings is 1. The molecule has 0 radical (unpaired) electrons. The topological polar surface area (TPSA) is 60.3 Å². The minimum Gasteiger partial charge on any atom is -0.478 e. The molecule has 0 spiro atoms. The van der Waals surface area contributed by atoms with Gasteiger partial charge in [0.05, 0.1) is 5.69 Å². The summed E-state index contributed by atoms with van der Waals surface area (Å²) < 4.78 is 7.48. The monoisotopic (exact) mass is 362 g/mol. The second-order valence-corrected chi connectivity index (χ2v) is 6.75. The van der Waals surface area contributed by atoms with Gasteiger partial charge < -0.3 is 14.6 Å². The molecular weight excluding hydrogens is 340 g/mol. The summed E-state index contributed by atoms with van der Waals surface area (Å²) in [5.74, 6) is 0.449. The third kappa shape index (κ3) is 5.64. The zero-order valence-corrected chi connectivity index (χ0v) is 15.5. The number of aromatic nitrogens is 1. The van der Waals surface area contributed by atoms with Crippen LogP contribution in [0, 0.1) is 12.8 Å². The standard InChI is InChI=1S/C19H23ClN2O3/c1-13(2)8-10-22-11-9-17(23)19(14(22)3)25-12-18(24)21-16-6-4-15(20)5-7-16/h4-7,9,11,13H,8,10,12H2,1-3H3,(H,21,24). The summed E-state index contributed by atoms with van der Waals surface area (Å²) in [5, 5.41) is 3.30. The molecular formula is C19H23ClN2O3. The number of nitrogens with zero attached hydrogens (tertiary/aromatic N) is 1. The van der Waals surface area contributed by atoms with E-state index in [1.54, 1.807) is 30.5 Å². The summed E-state index contributed by atoms with van der Waals surface area (Å²) in [4.78, 5) is 24.1. The summed E-state index contributed by atoms with van der Waals surface area (Å²) in [5.41, 5.74) is 1.13. The fraction of sp³-hybridized carbons (Fsp3) is 0.368. The molecule has 0 unspecified atom stereocenters. The van der Waals surface area contributed by atoms with Gasteiger partial charge in [-0.2, -0.15) is 0 Å². The van der Waals surface area contributed by atoms with Crippen molar-refractivity contribution in [2.75, 3.05) is 11.9 Å². The minimum absolute atomic E-state index is 0.220. The molecule has 1 heterocycles. The van der Waals surface area contributed by atoms with Gasteiger partial charge in [-0.1, -0.05) is 25.4 Å². The van der Waals surface area contributed by atoms with Crippen molar-refractivity contribution < 1.29 is 9.53 Å². The number of rotatable bonds is 7. The average molecular weight is 363 g/mol. The molecule has 1 aromatic carbocycles. The van der Waals surface area contributed by atoms with Crippen LogP contribution in [0.4, 0.5) is 5.69 Å². The van der Waals surface area contributed by atoms with E-state index in [4.69, 9.17) is 16.3 Å². The molecule has 0 saturated heterocycles. The van der Waals surface area contributed by atoms with E-state index in [2.05, 4.69) is 19.2 Å². The minimum atomic E-state index is -0.335. The van der Waals surface area contributed by atoms with E-state index >= 15 is 0 Å². The van der Waals surface area contributed by atoms with Gasteiger partial charge in [0, 0.05) is 29.5 Å². The first-order chi connectivity index (χ1) is 11.9. The van der Waals surface area contributed by atoms with Crippen molar-refractivity contribution in [1.82, 2.24) is 4.57 Å². The molecule has 0 aliphatic heterocycles. The predicted molar refractivity (Wildman–Crippen MR) is 100 cm³/mol. The summed E-state index contributed by atoms with van der Waals surface area (Å²) >= 11 is 5.81. The van der Waals surface area contributed by atoms with Gasteiger partial charge in [0.1, 0.15) is 0 Å². The van der Waals surface area contributed by atoms with Crippen molar-refractivity contribution in [2.45, 2.75) is 33.7 Å². The maximum absolute atomic E-state index is 12.1. The quantitative estimate of drug-likeness (QED) is 0.813. The molecule has 1 amide bonds. The van der Waals surface area contributed by atoms with E-state index in [0.29, 0.717) is 16.6 Å². The fourth-order valence-electron chi connectivity index (χ4n) is 2.34. The Hall–Kier alpha value is -2.27. The van der Waals surface area contributed by atoms with Crippen molar-refractivity contribution in [3.8, 4) is 5.75 Å². The molecule has 6 heteroatoms. The highest BCUT2D eigenvalue weighted by Crippen LogP contribution is 2.15. The van der Waals surface area contributed by atoms with Crippen molar-refractivity contribution >= 4 is 23.2 Å².